The van der Waals surface area contributed by atoms with Crippen molar-refractivity contribution >= 4 is 35.2 Å². The molecule has 32 heavy (non-hydrogen) atoms. The van der Waals surface area contributed by atoms with E-state index >= 15 is 0 Å². The summed E-state index contributed by atoms with van der Waals surface area (Å²) in [6.45, 7) is -1.14. The van der Waals surface area contributed by atoms with Gasteiger partial charge in [0, 0.05) is 23.4 Å². The lowest BCUT2D eigenvalue weighted by molar-refractivity contribution is -0.126. The van der Waals surface area contributed by atoms with E-state index in [1.54, 1.807) is 6.26 Å². The second-order valence-corrected chi connectivity index (χ2v) is 7.69. The number of hydrogen-bond acceptors (Lipinski definition) is 7. The number of rotatable bonds is 8. The van der Waals surface area contributed by atoms with Crippen LogP contribution in [0.4, 0.5) is 14.5 Å². The molecular weight excluding hydrogens is 442 g/mol. The number of esters is 1. The van der Waals surface area contributed by atoms with Crippen molar-refractivity contribution in [2.24, 2.45) is 0 Å². The molecule has 1 aromatic carbocycles. The number of carbonyl (C=O) groups is 3. The van der Waals surface area contributed by atoms with Crippen molar-refractivity contribution in [3.8, 4) is 6.07 Å². The second-order valence-electron chi connectivity index (χ2n) is 6.89. The molecule has 8 nitrogen and oxygen atoms in total. The van der Waals surface area contributed by atoms with Gasteiger partial charge in [-0.15, -0.1) is 11.8 Å². The Bertz CT molecular complexity index is 1120. The van der Waals surface area contributed by atoms with Crippen LogP contribution in [0.3, 0.4) is 0 Å². The first-order valence-electron chi connectivity index (χ1n) is 9.50. The molecule has 0 saturated heterocycles. The van der Waals surface area contributed by atoms with Gasteiger partial charge < -0.3 is 15.4 Å². The molecule has 0 unspecified atom stereocenters. The number of pyridine rings is 1. The number of ether oxygens (including phenoxy) is 1. The number of carbonyl (C=O) groups excluding carboxylic acids is 3. The Labute approximate surface area is 186 Å². The molecule has 166 valence electrons. The van der Waals surface area contributed by atoms with E-state index in [4.69, 9.17) is 4.74 Å². The molecule has 0 bridgehead atoms. The maximum Gasteiger partial charge on any atom is 0.340 e. The molecule has 2 aromatic rings. The summed E-state index contributed by atoms with van der Waals surface area (Å²) in [7, 11) is 0. The lowest BCUT2D eigenvalue weighted by Gasteiger charge is -2.11. The lowest BCUT2D eigenvalue weighted by atomic mass is 10.1. The number of aromatic nitrogens is 1. The zero-order chi connectivity index (χ0) is 23.3. The molecule has 1 fully saturated rings. The fourth-order valence-corrected chi connectivity index (χ4v) is 3.32. The van der Waals surface area contributed by atoms with Gasteiger partial charge in [-0.05, 0) is 37.3 Å². The summed E-state index contributed by atoms with van der Waals surface area (Å²) >= 11 is 1.24. The number of thioether (sulfide) groups is 1. The van der Waals surface area contributed by atoms with Crippen LogP contribution in [0.2, 0.25) is 0 Å². The minimum Gasteiger partial charge on any atom is -0.452 e. The molecule has 0 atom stereocenters. The molecule has 1 aliphatic rings. The smallest absolute Gasteiger partial charge is 0.340 e. The van der Waals surface area contributed by atoms with Gasteiger partial charge in [-0.2, -0.15) is 5.26 Å². The molecule has 1 aromatic heterocycles. The molecule has 1 heterocycles. The zero-order valence-corrected chi connectivity index (χ0v) is 17.7. The highest BCUT2D eigenvalue weighted by Gasteiger charge is 2.29. The van der Waals surface area contributed by atoms with Crippen molar-refractivity contribution in [1.29, 1.82) is 5.26 Å². The number of hydrogen-bond donors (Lipinski definition) is 2. The monoisotopic (exact) mass is 460 g/mol. The standard InChI is InChI=1S/C21H18F2N4O4S/c1-32-20-14(8-24)13(7-17(27-20)11-2-3-11)21(30)31-10-19(29)25-9-18(28)26-12-4-5-15(22)16(23)6-12/h4-7,11H,2-3,9-10H2,1H3,(H,25,29)(H,26,28). The molecule has 0 aliphatic heterocycles. The second kappa shape index (κ2) is 10.2. The quantitative estimate of drug-likeness (QED) is 0.459. The molecular formula is C21H18F2N4O4S. The van der Waals surface area contributed by atoms with Crippen molar-refractivity contribution in [2.75, 3.05) is 24.7 Å². The number of halogens is 2. The Hall–Kier alpha value is -3.52. The predicted molar refractivity (Wildman–Crippen MR) is 111 cm³/mol. The van der Waals surface area contributed by atoms with E-state index < -0.39 is 42.6 Å². The Morgan fingerprint density at radius 2 is 1.97 bits per heavy atom. The summed E-state index contributed by atoms with van der Waals surface area (Å²) in [5.74, 6) is -4.21. The molecule has 11 heteroatoms. The Kier molecular flexibility index (Phi) is 7.37. The molecule has 1 saturated carbocycles. The van der Waals surface area contributed by atoms with Gasteiger partial charge in [0.2, 0.25) is 5.91 Å². The average Bonchev–Trinajstić information content (AvgIpc) is 3.63. The van der Waals surface area contributed by atoms with Gasteiger partial charge in [0.1, 0.15) is 11.1 Å². The normalized spacial score (nSPS) is 12.6. The summed E-state index contributed by atoms with van der Waals surface area (Å²) in [5.41, 5.74) is 0.849. The van der Waals surface area contributed by atoms with E-state index in [-0.39, 0.29) is 22.7 Å². The lowest BCUT2D eigenvalue weighted by Crippen LogP contribution is -2.35. The summed E-state index contributed by atoms with van der Waals surface area (Å²) in [6, 6.07) is 6.30. The maximum atomic E-state index is 13.2. The van der Waals surface area contributed by atoms with Gasteiger partial charge in [-0.1, -0.05) is 0 Å². The molecule has 3 rings (SSSR count). The van der Waals surface area contributed by atoms with Crippen LogP contribution in [0.15, 0.2) is 29.3 Å². The topological polar surface area (TPSA) is 121 Å². The molecule has 2 amide bonds. The summed E-state index contributed by atoms with van der Waals surface area (Å²) in [4.78, 5) is 40.7. The van der Waals surface area contributed by atoms with E-state index in [9.17, 15) is 28.4 Å². The largest absolute Gasteiger partial charge is 0.452 e. The van der Waals surface area contributed by atoms with E-state index in [2.05, 4.69) is 15.6 Å². The van der Waals surface area contributed by atoms with Crippen LogP contribution in [-0.4, -0.2) is 42.2 Å². The van der Waals surface area contributed by atoms with Crippen LogP contribution in [0.25, 0.3) is 0 Å². The number of amides is 2. The highest BCUT2D eigenvalue weighted by Crippen LogP contribution is 2.40. The van der Waals surface area contributed by atoms with E-state index in [0.29, 0.717) is 10.7 Å². The number of nitriles is 1. The van der Waals surface area contributed by atoms with Gasteiger partial charge in [-0.25, -0.2) is 18.6 Å². The SMILES string of the molecule is CSc1nc(C2CC2)cc(C(=O)OCC(=O)NCC(=O)Nc2ccc(F)c(F)c2)c1C#N. The van der Waals surface area contributed by atoms with Crippen molar-refractivity contribution < 1.29 is 27.9 Å². The van der Waals surface area contributed by atoms with Crippen LogP contribution in [0.5, 0.6) is 0 Å². The molecule has 2 N–H and O–H groups in total. The van der Waals surface area contributed by atoms with Gasteiger partial charge in [-0.3, -0.25) is 9.59 Å². The first kappa shape index (κ1) is 23.1. The van der Waals surface area contributed by atoms with Crippen molar-refractivity contribution in [3.63, 3.8) is 0 Å². The number of nitrogens with zero attached hydrogens (tertiary/aromatic N) is 2. The van der Waals surface area contributed by atoms with Crippen molar-refractivity contribution in [1.82, 2.24) is 10.3 Å². The molecule has 0 spiro atoms. The van der Waals surface area contributed by atoms with Crippen molar-refractivity contribution in [2.45, 2.75) is 23.8 Å². The van der Waals surface area contributed by atoms with Crippen LogP contribution in [0.1, 0.15) is 40.4 Å². The van der Waals surface area contributed by atoms with Crippen LogP contribution < -0.4 is 10.6 Å². The molecule has 1 aliphatic carbocycles. The first-order chi connectivity index (χ1) is 15.3. The Morgan fingerprint density at radius 3 is 2.59 bits per heavy atom. The third-order valence-electron chi connectivity index (χ3n) is 4.51. The minimum absolute atomic E-state index is 0.0207. The number of benzene rings is 1. The van der Waals surface area contributed by atoms with Gasteiger partial charge in [0.25, 0.3) is 5.91 Å². The average molecular weight is 460 g/mol. The van der Waals surface area contributed by atoms with Crippen LogP contribution in [0, 0.1) is 23.0 Å². The van der Waals surface area contributed by atoms with Crippen molar-refractivity contribution in [3.05, 3.63) is 52.7 Å². The first-order valence-corrected chi connectivity index (χ1v) is 10.7. The van der Waals surface area contributed by atoms with Gasteiger partial charge in [0.15, 0.2) is 18.2 Å². The van der Waals surface area contributed by atoms with Crippen LogP contribution >= 0.6 is 11.8 Å². The highest BCUT2D eigenvalue weighted by atomic mass is 32.2. The van der Waals surface area contributed by atoms with Gasteiger partial charge in [0.05, 0.1) is 17.7 Å². The van der Waals surface area contributed by atoms with E-state index in [1.807, 2.05) is 6.07 Å². The molecule has 0 radical (unpaired) electrons. The Morgan fingerprint density at radius 1 is 1.22 bits per heavy atom. The summed E-state index contributed by atoms with van der Waals surface area (Å²) < 4.78 is 31.1. The highest BCUT2D eigenvalue weighted by molar-refractivity contribution is 7.98. The fraction of sp³-hybridized carbons (Fsp3) is 0.286. The third-order valence-corrected chi connectivity index (χ3v) is 5.19. The third kappa shape index (κ3) is 5.79. The fourth-order valence-electron chi connectivity index (χ4n) is 2.76. The zero-order valence-electron chi connectivity index (χ0n) is 16.9. The van der Waals surface area contributed by atoms with Crippen LogP contribution in [-0.2, 0) is 14.3 Å². The minimum atomic E-state index is -1.12. The summed E-state index contributed by atoms with van der Waals surface area (Å²) in [5, 5.41) is 14.4. The summed E-state index contributed by atoms with van der Waals surface area (Å²) in [6.07, 6.45) is 3.65. The van der Waals surface area contributed by atoms with E-state index in [0.717, 1.165) is 25.0 Å². The number of anilines is 1. The predicted octanol–water partition coefficient (Wildman–Crippen LogP) is 2.74. The van der Waals surface area contributed by atoms with E-state index in [1.165, 1.54) is 23.9 Å². The Balaban J connectivity index is 1.54. The maximum absolute atomic E-state index is 13.2. The number of nitrogens with one attached hydrogen (secondary N) is 2. The van der Waals surface area contributed by atoms with Gasteiger partial charge >= 0.3 is 5.97 Å².